The lowest BCUT2D eigenvalue weighted by atomic mass is 9.87. The Morgan fingerprint density at radius 1 is 1.32 bits per heavy atom. The number of aliphatic hydroxyl groups excluding tert-OH is 1. The molecule has 5 heteroatoms. The summed E-state index contributed by atoms with van der Waals surface area (Å²) >= 11 is 6.00. The highest BCUT2D eigenvalue weighted by Gasteiger charge is 2.39. The fourth-order valence-corrected chi connectivity index (χ4v) is 3.56. The molecule has 0 aliphatic heterocycles. The predicted molar refractivity (Wildman–Crippen MR) is 87.1 cm³/mol. The number of carbonyl (C=O) groups is 1. The third-order valence-corrected chi connectivity index (χ3v) is 4.93. The van der Waals surface area contributed by atoms with E-state index in [1.54, 1.807) is 0 Å². The van der Waals surface area contributed by atoms with Gasteiger partial charge in [-0.2, -0.15) is 0 Å². The standard InChI is InChI=1S/C17H23ClN2O2/c18-13-5-2-4-12(8-13)15-9-16(15)20-17(22)19-10-11-3-1-6-14(21)7-11/h2,4-5,8,11,14-16,21H,1,3,6-7,9-10H2,(H2,19,20,22). The van der Waals surface area contributed by atoms with Gasteiger partial charge in [0.05, 0.1) is 6.10 Å². The zero-order chi connectivity index (χ0) is 15.5. The summed E-state index contributed by atoms with van der Waals surface area (Å²) in [6, 6.07) is 7.93. The van der Waals surface area contributed by atoms with Gasteiger partial charge in [-0.15, -0.1) is 0 Å². The van der Waals surface area contributed by atoms with Gasteiger partial charge in [0, 0.05) is 23.5 Å². The van der Waals surface area contributed by atoms with E-state index in [2.05, 4.69) is 16.7 Å². The zero-order valence-corrected chi connectivity index (χ0v) is 13.4. The molecule has 0 bridgehead atoms. The van der Waals surface area contributed by atoms with Crippen LogP contribution in [-0.4, -0.2) is 29.8 Å². The molecule has 3 N–H and O–H groups in total. The molecule has 0 saturated heterocycles. The summed E-state index contributed by atoms with van der Waals surface area (Å²) in [6.07, 6.45) is 4.61. The summed E-state index contributed by atoms with van der Waals surface area (Å²) in [4.78, 5) is 12.0. The Balaban J connectivity index is 1.40. The van der Waals surface area contributed by atoms with Gasteiger partial charge in [-0.05, 0) is 49.3 Å². The van der Waals surface area contributed by atoms with Crippen molar-refractivity contribution in [2.75, 3.05) is 6.54 Å². The Kier molecular flexibility index (Phi) is 4.89. The number of amides is 2. The summed E-state index contributed by atoms with van der Waals surface area (Å²) in [6.45, 7) is 0.650. The highest BCUT2D eigenvalue weighted by Crippen LogP contribution is 2.41. The van der Waals surface area contributed by atoms with E-state index in [0.29, 0.717) is 18.4 Å². The number of benzene rings is 1. The quantitative estimate of drug-likeness (QED) is 0.798. The topological polar surface area (TPSA) is 61.4 Å². The van der Waals surface area contributed by atoms with E-state index in [4.69, 9.17) is 11.6 Å². The van der Waals surface area contributed by atoms with E-state index in [1.807, 2.05) is 18.2 Å². The SMILES string of the molecule is O=C(NCC1CCCC(O)C1)NC1CC1c1cccc(Cl)c1. The van der Waals surface area contributed by atoms with Crippen molar-refractivity contribution in [1.82, 2.24) is 10.6 Å². The Morgan fingerprint density at radius 3 is 2.95 bits per heavy atom. The summed E-state index contributed by atoms with van der Waals surface area (Å²) in [5, 5.41) is 16.3. The Hall–Kier alpha value is -1.26. The van der Waals surface area contributed by atoms with E-state index >= 15 is 0 Å². The highest BCUT2D eigenvalue weighted by molar-refractivity contribution is 6.30. The molecule has 2 aliphatic carbocycles. The van der Waals surface area contributed by atoms with Crippen LogP contribution in [0.25, 0.3) is 0 Å². The lowest BCUT2D eigenvalue weighted by molar-refractivity contribution is 0.101. The van der Waals surface area contributed by atoms with Crippen LogP contribution >= 0.6 is 11.6 Å². The van der Waals surface area contributed by atoms with E-state index in [-0.39, 0.29) is 18.2 Å². The van der Waals surface area contributed by atoms with Gasteiger partial charge < -0.3 is 15.7 Å². The van der Waals surface area contributed by atoms with Crippen molar-refractivity contribution in [1.29, 1.82) is 0 Å². The first-order valence-electron chi connectivity index (χ1n) is 8.09. The van der Waals surface area contributed by atoms with Gasteiger partial charge in [-0.1, -0.05) is 30.2 Å². The molecule has 120 valence electrons. The van der Waals surface area contributed by atoms with Crippen molar-refractivity contribution in [2.24, 2.45) is 5.92 Å². The van der Waals surface area contributed by atoms with E-state index < -0.39 is 0 Å². The minimum absolute atomic E-state index is 0.102. The molecule has 4 atom stereocenters. The minimum Gasteiger partial charge on any atom is -0.393 e. The molecule has 3 rings (SSSR count). The summed E-state index contributed by atoms with van der Waals surface area (Å²) in [5.74, 6) is 0.776. The smallest absolute Gasteiger partial charge is 0.315 e. The van der Waals surface area contributed by atoms with Crippen molar-refractivity contribution in [3.63, 3.8) is 0 Å². The predicted octanol–water partition coefficient (Wildman–Crippen LogP) is 3.05. The molecule has 4 nitrogen and oxygen atoms in total. The lowest BCUT2D eigenvalue weighted by Gasteiger charge is -2.25. The van der Waals surface area contributed by atoms with Crippen LogP contribution in [0.5, 0.6) is 0 Å². The minimum atomic E-state index is -0.195. The molecule has 22 heavy (non-hydrogen) atoms. The zero-order valence-electron chi connectivity index (χ0n) is 12.6. The van der Waals surface area contributed by atoms with E-state index in [9.17, 15) is 9.90 Å². The molecule has 2 fully saturated rings. The number of nitrogens with one attached hydrogen (secondary N) is 2. The first-order chi connectivity index (χ1) is 10.6. The number of carbonyl (C=O) groups excluding carboxylic acids is 1. The van der Waals surface area contributed by atoms with Gasteiger partial charge in [0.15, 0.2) is 0 Å². The fourth-order valence-electron chi connectivity index (χ4n) is 3.36. The second-order valence-electron chi connectivity index (χ2n) is 6.54. The summed E-state index contributed by atoms with van der Waals surface area (Å²) < 4.78 is 0. The van der Waals surface area contributed by atoms with Crippen molar-refractivity contribution >= 4 is 17.6 Å². The Morgan fingerprint density at radius 2 is 2.18 bits per heavy atom. The normalized spacial score (nSPS) is 30.6. The van der Waals surface area contributed by atoms with Gasteiger partial charge in [0.2, 0.25) is 0 Å². The van der Waals surface area contributed by atoms with Crippen molar-refractivity contribution in [2.45, 2.75) is 50.2 Å². The number of rotatable bonds is 4. The van der Waals surface area contributed by atoms with Crippen LogP contribution in [0.2, 0.25) is 5.02 Å². The van der Waals surface area contributed by atoms with E-state index in [1.165, 1.54) is 5.56 Å². The number of hydrogen-bond donors (Lipinski definition) is 3. The number of aliphatic hydroxyl groups is 1. The van der Waals surface area contributed by atoms with Crippen LogP contribution in [0, 0.1) is 5.92 Å². The number of halogens is 1. The average Bonchev–Trinajstić information content (AvgIpc) is 3.24. The molecule has 0 aromatic heterocycles. The van der Waals surface area contributed by atoms with Crippen LogP contribution in [0.3, 0.4) is 0 Å². The third kappa shape index (κ3) is 4.14. The van der Waals surface area contributed by atoms with Crippen molar-refractivity contribution in [3.05, 3.63) is 34.9 Å². The maximum Gasteiger partial charge on any atom is 0.315 e. The summed E-state index contributed by atoms with van der Waals surface area (Å²) in [5.41, 5.74) is 1.19. The van der Waals surface area contributed by atoms with Crippen LogP contribution in [0.15, 0.2) is 24.3 Å². The molecule has 0 radical (unpaired) electrons. The van der Waals surface area contributed by atoms with Gasteiger partial charge in [-0.25, -0.2) is 4.79 Å². The van der Waals surface area contributed by atoms with E-state index in [0.717, 1.165) is 37.1 Å². The fraction of sp³-hybridized carbons (Fsp3) is 0.588. The highest BCUT2D eigenvalue weighted by atomic mass is 35.5. The maximum absolute atomic E-state index is 12.0. The summed E-state index contributed by atoms with van der Waals surface area (Å²) in [7, 11) is 0. The lowest BCUT2D eigenvalue weighted by Crippen LogP contribution is -2.40. The average molecular weight is 323 g/mol. The van der Waals surface area contributed by atoms with Gasteiger partial charge in [0.1, 0.15) is 0 Å². The Bertz CT molecular complexity index is 537. The molecule has 2 aliphatic rings. The second-order valence-corrected chi connectivity index (χ2v) is 6.98. The molecule has 4 unspecified atom stereocenters. The second kappa shape index (κ2) is 6.88. The first kappa shape index (κ1) is 15.6. The van der Waals surface area contributed by atoms with Crippen LogP contribution in [0.1, 0.15) is 43.6 Å². The monoisotopic (exact) mass is 322 g/mol. The van der Waals surface area contributed by atoms with Crippen LogP contribution < -0.4 is 10.6 Å². The number of urea groups is 1. The number of hydrogen-bond acceptors (Lipinski definition) is 2. The van der Waals surface area contributed by atoms with Crippen molar-refractivity contribution in [3.8, 4) is 0 Å². The van der Waals surface area contributed by atoms with Gasteiger partial charge >= 0.3 is 6.03 Å². The molecule has 0 heterocycles. The molecule has 1 aromatic rings. The Labute approximate surface area is 136 Å². The maximum atomic E-state index is 12.0. The van der Waals surface area contributed by atoms with Crippen molar-refractivity contribution < 1.29 is 9.90 Å². The molecule has 0 spiro atoms. The first-order valence-corrected chi connectivity index (χ1v) is 8.47. The van der Waals surface area contributed by atoms with Crippen LogP contribution in [0.4, 0.5) is 4.79 Å². The van der Waals surface area contributed by atoms with Gasteiger partial charge in [0.25, 0.3) is 0 Å². The third-order valence-electron chi connectivity index (χ3n) is 4.69. The van der Waals surface area contributed by atoms with Gasteiger partial charge in [-0.3, -0.25) is 0 Å². The largest absolute Gasteiger partial charge is 0.393 e. The molecule has 2 amide bonds. The molecular formula is C17H23ClN2O2. The molecular weight excluding hydrogens is 300 g/mol. The molecule has 1 aromatic carbocycles. The van der Waals surface area contributed by atoms with Crippen LogP contribution in [-0.2, 0) is 0 Å². The molecule has 2 saturated carbocycles.